The molecule has 1 aromatic carbocycles. The van der Waals surface area contributed by atoms with E-state index >= 15 is 0 Å². The molecule has 0 unspecified atom stereocenters. The maximum Gasteiger partial charge on any atom is 0.256 e. The minimum absolute atomic E-state index is 0.0156. The normalized spacial score (nSPS) is 14.6. The highest BCUT2D eigenvalue weighted by molar-refractivity contribution is 6.30. The number of benzene rings is 1. The van der Waals surface area contributed by atoms with Crippen LogP contribution >= 0.6 is 11.6 Å². The van der Waals surface area contributed by atoms with Gasteiger partial charge >= 0.3 is 0 Å². The van der Waals surface area contributed by atoms with Gasteiger partial charge in [-0.3, -0.25) is 9.59 Å². The van der Waals surface area contributed by atoms with Crippen LogP contribution in [-0.2, 0) is 4.79 Å². The first-order valence-electron chi connectivity index (χ1n) is 11.5. The average Bonchev–Trinajstić information content (AvgIpc) is 3.26. The van der Waals surface area contributed by atoms with E-state index < -0.39 is 0 Å². The molecular weight excluding hydrogens is 455 g/mol. The Morgan fingerprint density at radius 1 is 1.21 bits per heavy atom. The van der Waals surface area contributed by atoms with Crippen molar-refractivity contribution in [3.8, 4) is 0 Å². The van der Waals surface area contributed by atoms with Crippen LogP contribution in [0.3, 0.4) is 0 Å². The van der Waals surface area contributed by atoms with E-state index in [1.807, 2.05) is 33.7 Å². The van der Waals surface area contributed by atoms with Crippen LogP contribution in [0, 0.1) is 11.2 Å². The van der Waals surface area contributed by atoms with Crippen LogP contribution in [0.2, 0.25) is 5.02 Å². The topological polar surface area (TPSA) is 80.7 Å². The van der Waals surface area contributed by atoms with Crippen LogP contribution < -0.4 is 5.73 Å². The number of hydrogen-bond donors (Lipinski definition) is 1. The number of carbonyl (C=O) groups excluding carboxylic acids is 2. The van der Waals surface area contributed by atoms with E-state index in [0.717, 1.165) is 30.3 Å². The van der Waals surface area contributed by atoms with Gasteiger partial charge in [-0.05, 0) is 66.5 Å². The van der Waals surface area contributed by atoms with E-state index in [2.05, 4.69) is 25.8 Å². The van der Waals surface area contributed by atoms with Gasteiger partial charge in [-0.15, -0.1) is 0 Å². The van der Waals surface area contributed by atoms with Crippen LogP contribution in [0.4, 0.5) is 4.39 Å². The minimum Gasteiger partial charge on any atom is -0.370 e. The van der Waals surface area contributed by atoms with Crippen LogP contribution in [0.5, 0.6) is 0 Å². The number of hydrogen-bond acceptors (Lipinski definition) is 3. The van der Waals surface area contributed by atoms with Crippen molar-refractivity contribution < 1.29 is 14.0 Å². The summed E-state index contributed by atoms with van der Waals surface area (Å²) in [5, 5.41) is 0.418. The predicted molar refractivity (Wildman–Crippen MR) is 132 cm³/mol. The largest absolute Gasteiger partial charge is 0.370 e. The first-order chi connectivity index (χ1) is 16.0. The van der Waals surface area contributed by atoms with E-state index in [1.165, 1.54) is 6.07 Å². The first kappa shape index (κ1) is 25.7. The molecule has 3 heterocycles. The zero-order valence-electron chi connectivity index (χ0n) is 19.9. The molecular formula is C26H32ClFN4O2. The summed E-state index contributed by atoms with van der Waals surface area (Å²) in [5.74, 6) is -0.275. The lowest BCUT2D eigenvalue weighted by Crippen LogP contribution is -2.38. The van der Waals surface area contributed by atoms with E-state index in [9.17, 15) is 14.0 Å². The molecule has 34 heavy (non-hydrogen) atoms. The van der Waals surface area contributed by atoms with E-state index in [0.29, 0.717) is 30.1 Å². The number of aromatic nitrogens is 2. The lowest BCUT2D eigenvalue weighted by molar-refractivity contribution is -0.118. The summed E-state index contributed by atoms with van der Waals surface area (Å²) in [6.45, 7) is 7.57. The van der Waals surface area contributed by atoms with Gasteiger partial charge in [0.25, 0.3) is 5.91 Å². The maximum absolute atomic E-state index is 13.6. The number of nitrogens with two attached hydrogens (primary N) is 1. The molecule has 2 aromatic heterocycles. The first-order valence-corrected chi connectivity index (χ1v) is 11.9. The number of likely N-dealkylation sites (tertiary alicyclic amines) is 1. The lowest BCUT2D eigenvalue weighted by atomic mass is 9.89. The quantitative estimate of drug-likeness (QED) is 0.532. The molecule has 4 rings (SSSR count). The van der Waals surface area contributed by atoms with Crippen molar-refractivity contribution >= 4 is 28.9 Å². The Kier molecular flexibility index (Phi) is 8.31. The third-order valence-corrected chi connectivity index (χ3v) is 6.16. The van der Waals surface area contributed by atoms with E-state index in [-0.39, 0.29) is 29.0 Å². The van der Waals surface area contributed by atoms with Crippen LogP contribution in [0.25, 0.3) is 5.52 Å². The molecule has 0 spiro atoms. The van der Waals surface area contributed by atoms with Gasteiger partial charge in [-0.2, -0.15) is 0 Å². The van der Waals surface area contributed by atoms with Crippen molar-refractivity contribution in [3.05, 3.63) is 71.0 Å². The molecule has 3 aromatic rings. The van der Waals surface area contributed by atoms with Crippen molar-refractivity contribution in [3.63, 3.8) is 0 Å². The molecule has 1 fully saturated rings. The molecule has 0 bridgehead atoms. The number of fused-ring (bicyclic) bond motifs is 1. The monoisotopic (exact) mass is 486 g/mol. The molecule has 0 radical (unpaired) electrons. The van der Waals surface area contributed by atoms with Gasteiger partial charge in [0.15, 0.2) is 0 Å². The maximum atomic E-state index is 13.6. The number of nitrogens with zero attached hydrogens (tertiary/aromatic N) is 3. The number of carbonyl (C=O) groups is 2. The molecule has 2 amide bonds. The summed E-state index contributed by atoms with van der Waals surface area (Å²) in [5.41, 5.74) is 7.58. The number of amides is 2. The van der Waals surface area contributed by atoms with Gasteiger partial charge in [0, 0.05) is 30.7 Å². The molecule has 8 heteroatoms. The van der Waals surface area contributed by atoms with Gasteiger partial charge in [0.1, 0.15) is 5.82 Å². The molecule has 1 aliphatic heterocycles. The number of rotatable bonds is 4. The Morgan fingerprint density at radius 2 is 1.91 bits per heavy atom. The molecule has 0 aliphatic carbocycles. The SMILES string of the molecule is CC(C)(C)CCC(N)=O.O=C(c1cccn2cncc12)N1CCC(c2cc(F)cc(Cl)c2)CC1. The Bertz CT molecular complexity index is 1130. The summed E-state index contributed by atoms with van der Waals surface area (Å²) < 4.78 is 15.4. The van der Waals surface area contributed by atoms with Crippen LogP contribution in [0.15, 0.2) is 49.1 Å². The van der Waals surface area contributed by atoms with Gasteiger partial charge in [0.05, 0.1) is 23.6 Å². The van der Waals surface area contributed by atoms with Crippen molar-refractivity contribution in [2.24, 2.45) is 11.1 Å². The van der Waals surface area contributed by atoms with Gasteiger partial charge in [-0.25, -0.2) is 9.37 Å². The highest BCUT2D eigenvalue weighted by Crippen LogP contribution is 2.31. The fraction of sp³-hybridized carbons (Fsp3) is 0.423. The third kappa shape index (κ3) is 7.03. The fourth-order valence-electron chi connectivity index (χ4n) is 4.03. The Labute approximate surface area is 204 Å². The lowest BCUT2D eigenvalue weighted by Gasteiger charge is -2.32. The highest BCUT2D eigenvalue weighted by Gasteiger charge is 2.26. The van der Waals surface area contributed by atoms with Crippen molar-refractivity contribution in [1.29, 1.82) is 0 Å². The smallest absolute Gasteiger partial charge is 0.256 e. The summed E-state index contributed by atoms with van der Waals surface area (Å²) >= 11 is 5.96. The average molecular weight is 487 g/mol. The second-order valence-electron chi connectivity index (χ2n) is 9.90. The number of halogens is 2. The van der Waals surface area contributed by atoms with Gasteiger partial charge in [-0.1, -0.05) is 32.4 Å². The summed E-state index contributed by atoms with van der Waals surface area (Å²) in [6, 6.07) is 8.36. The molecule has 6 nitrogen and oxygen atoms in total. The number of imidazole rings is 1. The molecule has 1 saturated heterocycles. The Morgan fingerprint density at radius 3 is 2.50 bits per heavy atom. The minimum atomic E-state index is -0.312. The Hall–Kier alpha value is -2.93. The standard InChI is InChI=1S/C19H17ClFN3O.C7H15NO/c20-15-8-14(9-16(21)10-15)13-3-6-23(7-4-13)19(25)17-2-1-5-24-12-22-11-18(17)24;1-7(2,3)5-4-6(8)9/h1-2,5,8-13H,3-4,6-7H2;4-5H2,1-3H3,(H2,8,9). The van der Waals surface area contributed by atoms with Crippen LogP contribution in [0.1, 0.15) is 68.3 Å². The van der Waals surface area contributed by atoms with Crippen molar-refractivity contribution in [2.75, 3.05) is 13.1 Å². The van der Waals surface area contributed by atoms with E-state index in [4.69, 9.17) is 17.3 Å². The summed E-state index contributed by atoms with van der Waals surface area (Å²) in [4.78, 5) is 29.1. The molecule has 0 atom stereocenters. The summed E-state index contributed by atoms with van der Waals surface area (Å²) in [6.07, 6.45) is 8.24. The van der Waals surface area contributed by atoms with Gasteiger partial charge in [0.2, 0.25) is 5.91 Å². The van der Waals surface area contributed by atoms with Crippen molar-refractivity contribution in [2.45, 2.75) is 52.4 Å². The highest BCUT2D eigenvalue weighted by atomic mass is 35.5. The zero-order valence-corrected chi connectivity index (χ0v) is 20.7. The number of primary amides is 1. The third-order valence-electron chi connectivity index (χ3n) is 5.94. The zero-order chi connectivity index (χ0) is 24.9. The second kappa shape index (κ2) is 11.0. The molecule has 0 saturated carbocycles. The number of pyridine rings is 1. The number of piperidine rings is 1. The molecule has 1 aliphatic rings. The Balaban J connectivity index is 0.000000309. The van der Waals surface area contributed by atoms with Crippen molar-refractivity contribution in [1.82, 2.24) is 14.3 Å². The predicted octanol–water partition coefficient (Wildman–Crippen LogP) is 5.44. The molecule has 2 N–H and O–H groups in total. The molecule has 182 valence electrons. The fourth-order valence-corrected chi connectivity index (χ4v) is 4.26. The van der Waals surface area contributed by atoms with Gasteiger partial charge < -0.3 is 15.0 Å². The summed E-state index contributed by atoms with van der Waals surface area (Å²) in [7, 11) is 0. The van der Waals surface area contributed by atoms with E-state index in [1.54, 1.807) is 18.6 Å². The second-order valence-corrected chi connectivity index (χ2v) is 10.3. The van der Waals surface area contributed by atoms with Crippen LogP contribution in [-0.4, -0.2) is 39.2 Å².